The molecule has 0 radical (unpaired) electrons. The highest BCUT2D eigenvalue weighted by molar-refractivity contribution is 5.30. The molecule has 2 rings (SSSR count). The number of methoxy groups -OCH3 is 1. The molecule has 5 heteroatoms. The van der Waals surface area contributed by atoms with Crippen molar-refractivity contribution in [3.05, 3.63) is 34.9 Å². The normalized spacial score (nSPS) is 10.2. The second kappa shape index (κ2) is 2.85. The van der Waals surface area contributed by atoms with E-state index in [2.05, 4.69) is 9.97 Å². The number of nitrogens with zero attached hydrogens (tertiary/aromatic N) is 3. The Bertz CT molecular complexity index is 492. The van der Waals surface area contributed by atoms with E-state index in [4.69, 9.17) is 4.74 Å². The zero-order valence-electron chi connectivity index (χ0n) is 6.97. The predicted octanol–water partition coefficient (Wildman–Crippen LogP) is 0.0981. The second-order valence-electron chi connectivity index (χ2n) is 2.43. The maximum Gasteiger partial charge on any atom is 0.262 e. The summed E-state index contributed by atoms with van der Waals surface area (Å²) in [5.41, 5.74) is -0.199. The molecule has 0 bridgehead atoms. The van der Waals surface area contributed by atoms with Crippen LogP contribution in [0.2, 0.25) is 0 Å². The Labute approximate surface area is 73.6 Å². The smallest absolute Gasteiger partial charge is 0.262 e. The van der Waals surface area contributed by atoms with Gasteiger partial charge < -0.3 is 4.74 Å². The van der Waals surface area contributed by atoms with Crippen LogP contribution >= 0.6 is 0 Å². The number of aromatic nitrogens is 3. The van der Waals surface area contributed by atoms with Crippen LogP contribution in [0.25, 0.3) is 5.78 Å². The molecule has 2 aromatic heterocycles. The molecule has 0 aliphatic carbocycles. The molecule has 66 valence electrons. The molecule has 0 N–H and O–H groups in total. The van der Waals surface area contributed by atoms with Crippen molar-refractivity contribution >= 4 is 5.78 Å². The van der Waals surface area contributed by atoms with Crippen LogP contribution in [0.15, 0.2) is 29.3 Å². The van der Waals surface area contributed by atoms with Gasteiger partial charge in [-0.3, -0.25) is 9.20 Å². The molecule has 5 nitrogen and oxygen atoms in total. The van der Waals surface area contributed by atoms with Gasteiger partial charge in [0.2, 0.25) is 11.7 Å². The summed E-state index contributed by atoms with van der Waals surface area (Å²) in [6, 6.07) is 2.98. The fourth-order valence-corrected chi connectivity index (χ4v) is 1.03. The molecule has 2 heterocycles. The van der Waals surface area contributed by atoms with Crippen molar-refractivity contribution < 1.29 is 4.74 Å². The largest absolute Gasteiger partial charge is 0.481 e. The molecule has 0 aliphatic heterocycles. The van der Waals surface area contributed by atoms with Crippen LogP contribution < -0.4 is 10.3 Å². The van der Waals surface area contributed by atoms with E-state index in [1.165, 1.54) is 17.6 Å². The summed E-state index contributed by atoms with van der Waals surface area (Å²) in [6.07, 6.45) is 3.18. The van der Waals surface area contributed by atoms with Crippen LogP contribution in [0.4, 0.5) is 0 Å². The van der Waals surface area contributed by atoms with Crippen molar-refractivity contribution in [3.63, 3.8) is 0 Å². The molecule has 13 heavy (non-hydrogen) atoms. The van der Waals surface area contributed by atoms with Gasteiger partial charge in [0.1, 0.15) is 0 Å². The van der Waals surface area contributed by atoms with Gasteiger partial charge in [-0.2, -0.15) is 4.98 Å². The summed E-state index contributed by atoms with van der Waals surface area (Å²) < 4.78 is 6.19. The van der Waals surface area contributed by atoms with E-state index in [1.807, 2.05) is 0 Å². The fourth-order valence-electron chi connectivity index (χ4n) is 1.03. The van der Waals surface area contributed by atoms with Gasteiger partial charge in [0.25, 0.3) is 5.56 Å². The third-order valence-corrected chi connectivity index (χ3v) is 1.63. The van der Waals surface area contributed by atoms with E-state index < -0.39 is 0 Å². The fraction of sp³-hybridized carbons (Fsp3) is 0.125. The van der Waals surface area contributed by atoms with Crippen LogP contribution in [-0.4, -0.2) is 21.5 Å². The van der Waals surface area contributed by atoms with Crippen molar-refractivity contribution in [2.45, 2.75) is 0 Å². The van der Waals surface area contributed by atoms with Gasteiger partial charge in [-0.05, 0) is 6.07 Å². The van der Waals surface area contributed by atoms with E-state index in [0.717, 1.165) is 0 Å². The highest BCUT2D eigenvalue weighted by atomic mass is 16.5. The Morgan fingerprint density at radius 3 is 3.15 bits per heavy atom. The Hall–Kier alpha value is -1.91. The van der Waals surface area contributed by atoms with Gasteiger partial charge >= 0.3 is 0 Å². The molecule has 0 aromatic carbocycles. The Morgan fingerprint density at radius 1 is 1.54 bits per heavy atom. The summed E-state index contributed by atoms with van der Waals surface area (Å²) >= 11 is 0. The molecule has 0 saturated heterocycles. The van der Waals surface area contributed by atoms with Crippen LogP contribution in [0.1, 0.15) is 0 Å². The number of hydrogen-bond acceptors (Lipinski definition) is 4. The average Bonchev–Trinajstić information content (AvgIpc) is 2.18. The first-order valence-corrected chi connectivity index (χ1v) is 3.69. The number of fused-ring (bicyclic) bond motifs is 1. The summed E-state index contributed by atoms with van der Waals surface area (Å²) in [5.74, 6) is 0.621. The van der Waals surface area contributed by atoms with Gasteiger partial charge in [-0.25, -0.2) is 4.98 Å². The third kappa shape index (κ3) is 1.24. The Balaban J connectivity index is 2.85. The molecular formula is C8H7N3O2. The minimum absolute atomic E-state index is 0.199. The van der Waals surface area contributed by atoms with Crippen LogP contribution in [0, 0.1) is 0 Å². The van der Waals surface area contributed by atoms with Crippen molar-refractivity contribution in [1.29, 1.82) is 0 Å². The first-order valence-electron chi connectivity index (χ1n) is 3.69. The maximum absolute atomic E-state index is 11.4. The minimum Gasteiger partial charge on any atom is -0.481 e. The van der Waals surface area contributed by atoms with Crippen molar-refractivity contribution in [2.24, 2.45) is 0 Å². The lowest BCUT2D eigenvalue weighted by Gasteiger charge is -2.00. The molecule has 0 unspecified atom stereocenters. The lowest BCUT2D eigenvalue weighted by molar-refractivity contribution is 0.397. The molecule has 0 aliphatic rings. The quantitative estimate of drug-likeness (QED) is 0.619. The predicted molar refractivity (Wildman–Crippen MR) is 45.8 cm³/mol. The number of rotatable bonds is 1. The molecular weight excluding hydrogens is 170 g/mol. The topological polar surface area (TPSA) is 56.5 Å². The van der Waals surface area contributed by atoms with Crippen molar-refractivity contribution in [3.8, 4) is 5.88 Å². The second-order valence-corrected chi connectivity index (χ2v) is 2.43. The van der Waals surface area contributed by atoms with E-state index in [-0.39, 0.29) is 11.4 Å². The summed E-state index contributed by atoms with van der Waals surface area (Å²) in [7, 11) is 1.46. The van der Waals surface area contributed by atoms with Gasteiger partial charge in [0.15, 0.2) is 0 Å². The average molecular weight is 177 g/mol. The molecule has 0 saturated carbocycles. The van der Waals surface area contributed by atoms with Gasteiger partial charge in [-0.1, -0.05) is 0 Å². The molecule has 0 atom stereocenters. The number of ether oxygens (including phenoxy) is 1. The molecule has 0 spiro atoms. The molecule has 0 amide bonds. The minimum atomic E-state index is -0.199. The Kier molecular flexibility index (Phi) is 1.70. The first kappa shape index (κ1) is 7.72. The van der Waals surface area contributed by atoms with Crippen LogP contribution in [0.5, 0.6) is 5.88 Å². The monoisotopic (exact) mass is 177 g/mol. The van der Waals surface area contributed by atoms with E-state index in [1.54, 1.807) is 18.5 Å². The van der Waals surface area contributed by atoms with Crippen LogP contribution in [-0.2, 0) is 0 Å². The van der Waals surface area contributed by atoms with E-state index >= 15 is 0 Å². The van der Waals surface area contributed by atoms with Gasteiger partial charge in [-0.15, -0.1) is 0 Å². The van der Waals surface area contributed by atoms with Gasteiger partial charge in [0, 0.05) is 12.4 Å². The summed E-state index contributed by atoms with van der Waals surface area (Å²) in [5, 5.41) is 0. The van der Waals surface area contributed by atoms with Gasteiger partial charge in [0.05, 0.1) is 13.2 Å². The first-order chi connectivity index (χ1) is 6.31. The Morgan fingerprint density at radius 2 is 2.38 bits per heavy atom. The zero-order chi connectivity index (χ0) is 9.26. The van der Waals surface area contributed by atoms with Crippen molar-refractivity contribution in [2.75, 3.05) is 7.11 Å². The standard InChI is InChI=1S/C8H7N3O2/c1-13-6-5-7(12)11-4-2-3-9-8(11)10-6/h2-5H,1H3. The van der Waals surface area contributed by atoms with E-state index in [9.17, 15) is 4.79 Å². The summed E-state index contributed by atoms with van der Waals surface area (Å²) in [6.45, 7) is 0. The maximum atomic E-state index is 11.4. The lowest BCUT2D eigenvalue weighted by Crippen LogP contribution is -2.14. The molecule has 0 fully saturated rings. The van der Waals surface area contributed by atoms with Crippen molar-refractivity contribution in [1.82, 2.24) is 14.4 Å². The van der Waals surface area contributed by atoms with Crippen LogP contribution in [0.3, 0.4) is 0 Å². The summed E-state index contributed by atoms with van der Waals surface area (Å²) in [4.78, 5) is 19.3. The van der Waals surface area contributed by atoms with E-state index in [0.29, 0.717) is 5.78 Å². The lowest BCUT2D eigenvalue weighted by atomic mass is 10.5. The zero-order valence-corrected chi connectivity index (χ0v) is 6.97. The highest BCUT2D eigenvalue weighted by Crippen LogP contribution is 2.01. The highest BCUT2D eigenvalue weighted by Gasteiger charge is 2.00. The third-order valence-electron chi connectivity index (χ3n) is 1.63. The molecule has 2 aromatic rings. The number of hydrogen-bond donors (Lipinski definition) is 0. The SMILES string of the molecule is COc1cc(=O)n2cccnc2n1.